The Hall–Kier alpha value is -3.67. The minimum absolute atomic E-state index is 0.277. The van der Waals surface area contributed by atoms with Crippen molar-refractivity contribution in [2.75, 3.05) is 5.32 Å². The predicted molar refractivity (Wildman–Crippen MR) is 99.5 cm³/mol. The monoisotopic (exact) mass is 344 g/mol. The van der Waals surface area contributed by atoms with Gasteiger partial charge in [0.1, 0.15) is 6.26 Å². The summed E-state index contributed by atoms with van der Waals surface area (Å²) >= 11 is 0. The molecule has 0 aliphatic rings. The molecule has 2 N–H and O–H groups in total. The normalized spacial score (nSPS) is 10.6. The molecule has 6 nitrogen and oxygen atoms in total. The topological polar surface area (TPSA) is 80.0 Å². The summed E-state index contributed by atoms with van der Waals surface area (Å²) in [5.74, 6) is 0.513. The minimum atomic E-state index is -0.277. The van der Waals surface area contributed by atoms with Crippen molar-refractivity contribution in [1.29, 1.82) is 0 Å². The fourth-order valence-corrected chi connectivity index (χ4v) is 2.69. The smallest absolute Gasteiger partial charge is 0.319 e. The van der Waals surface area contributed by atoms with Crippen LogP contribution in [0, 0.1) is 0 Å². The molecule has 2 aromatic carbocycles. The number of hydrogen-bond acceptors (Lipinski definition) is 4. The van der Waals surface area contributed by atoms with Crippen molar-refractivity contribution in [3.63, 3.8) is 0 Å². The summed E-state index contributed by atoms with van der Waals surface area (Å²) in [7, 11) is 0. The third-order valence-electron chi connectivity index (χ3n) is 3.92. The highest BCUT2D eigenvalue weighted by Crippen LogP contribution is 2.20. The fourth-order valence-electron chi connectivity index (χ4n) is 2.69. The summed E-state index contributed by atoms with van der Waals surface area (Å²) in [4.78, 5) is 20.6. The molecule has 26 heavy (non-hydrogen) atoms. The molecule has 2 aromatic heterocycles. The third-order valence-corrected chi connectivity index (χ3v) is 3.92. The van der Waals surface area contributed by atoms with E-state index in [9.17, 15) is 4.79 Å². The molecule has 128 valence electrons. The molecule has 2 heterocycles. The minimum Gasteiger partial charge on any atom is -0.445 e. The number of urea groups is 1. The first-order valence-corrected chi connectivity index (χ1v) is 8.16. The number of pyridine rings is 1. The first kappa shape index (κ1) is 15.8. The molecule has 0 aliphatic heterocycles. The molecule has 0 spiro atoms. The second-order valence-corrected chi connectivity index (χ2v) is 5.76. The highest BCUT2D eigenvalue weighted by Gasteiger charge is 2.06. The highest BCUT2D eigenvalue weighted by molar-refractivity contribution is 5.90. The molecule has 0 saturated carbocycles. The van der Waals surface area contributed by atoms with E-state index in [1.165, 1.54) is 6.26 Å². The van der Waals surface area contributed by atoms with Gasteiger partial charge in [0.15, 0.2) is 0 Å². The Morgan fingerprint density at radius 3 is 2.85 bits per heavy atom. The van der Waals surface area contributed by atoms with Crippen molar-refractivity contribution >= 4 is 22.6 Å². The molecule has 4 rings (SSSR count). The third kappa shape index (κ3) is 3.54. The number of aromatic nitrogens is 2. The maximum Gasteiger partial charge on any atom is 0.319 e. The number of anilines is 1. The first-order chi connectivity index (χ1) is 12.8. The van der Waals surface area contributed by atoms with E-state index in [-0.39, 0.29) is 6.03 Å². The van der Waals surface area contributed by atoms with Gasteiger partial charge in [-0.2, -0.15) is 0 Å². The predicted octanol–water partition coefficient (Wildman–Crippen LogP) is 4.21. The number of benzene rings is 2. The Morgan fingerprint density at radius 2 is 1.96 bits per heavy atom. The molecule has 0 saturated heterocycles. The molecule has 0 aliphatic carbocycles. The maximum atomic E-state index is 12.2. The van der Waals surface area contributed by atoms with Crippen LogP contribution < -0.4 is 10.6 Å². The average Bonchev–Trinajstić information content (AvgIpc) is 3.21. The van der Waals surface area contributed by atoms with Crippen molar-refractivity contribution in [2.24, 2.45) is 0 Å². The molecule has 0 unspecified atom stereocenters. The van der Waals surface area contributed by atoms with Gasteiger partial charge in [-0.25, -0.2) is 9.78 Å². The number of nitrogens with one attached hydrogen (secondary N) is 2. The zero-order chi connectivity index (χ0) is 17.8. The lowest BCUT2D eigenvalue weighted by Crippen LogP contribution is -2.28. The standard InChI is InChI=1S/C20H16N4O2/c25-20(23-13-14-6-7-18-15(11-14)4-2-8-21-18)24-17-5-1-3-16(12-17)19-22-9-10-26-19/h1-12H,13H2,(H2,23,24,25). The highest BCUT2D eigenvalue weighted by atomic mass is 16.3. The van der Waals surface area contributed by atoms with E-state index in [2.05, 4.69) is 20.6 Å². The number of carbonyl (C=O) groups is 1. The van der Waals surface area contributed by atoms with Crippen LogP contribution in [0.25, 0.3) is 22.4 Å². The van der Waals surface area contributed by atoms with Crippen molar-refractivity contribution in [3.05, 3.63) is 78.8 Å². The van der Waals surface area contributed by atoms with Gasteiger partial charge in [-0.3, -0.25) is 4.98 Å². The summed E-state index contributed by atoms with van der Waals surface area (Å²) in [5.41, 5.74) is 3.41. The zero-order valence-electron chi connectivity index (χ0n) is 13.8. The molecular formula is C20H16N4O2. The van der Waals surface area contributed by atoms with Gasteiger partial charge < -0.3 is 15.1 Å². The summed E-state index contributed by atoms with van der Waals surface area (Å²) < 4.78 is 5.28. The van der Waals surface area contributed by atoms with E-state index in [0.717, 1.165) is 22.0 Å². The summed E-state index contributed by atoms with van der Waals surface area (Å²) in [6.07, 6.45) is 4.86. The Labute approximate surface area is 149 Å². The summed E-state index contributed by atoms with van der Waals surface area (Å²) in [6.45, 7) is 0.427. The first-order valence-electron chi connectivity index (χ1n) is 8.16. The number of amides is 2. The number of nitrogens with zero attached hydrogens (tertiary/aromatic N) is 2. The molecule has 0 atom stereocenters. The van der Waals surface area contributed by atoms with Gasteiger partial charge in [0.25, 0.3) is 0 Å². The van der Waals surface area contributed by atoms with E-state index in [4.69, 9.17) is 4.42 Å². The van der Waals surface area contributed by atoms with Crippen molar-refractivity contribution in [1.82, 2.24) is 15.3 Å². The van der Waals surface area contributed by atoms with E-state index in [1.807, 2.05) is 54.6 Å². The van der Waals surface area contributed by atoms with Gasteiger partial charge in [0, 0.05) is 29.4 Å². The van der Waals surface area contributed by atoms with Crippen LogP contribution in [0.4, 0.5) is 10.5 Å². The number of carbonyl (C=O) groups excluding carboxylic acids is 1. The lowest BCUT2D eigenvalue weighted by atomic mass is 10.1. The fraction of sp³-hybridized carbons (Fsp3) is 0.0500. The van der Waals surface area contributed by atoms with E-state index >= 15 is 0 Å². The van der Waals surface area contributed by atoms with Gasteiger partial charge in [-0.05, 0) is 42.0 Å². The quantitative estimate of drug-likeness (QED) is 0.581. The van der Waals surface area contributed by atoms with Crippen molar-refractivity contribution in [2.45, 2.75) is 6.54 Å². The molecule has 0 fully saturated rings. The lowest BCUT2D eigenvalue weighted by molar-refractivity contribution is 0.251. The number of fused-ring (bicyclic) bond motifs is 1. The largest absolute Gasteiger partial charge is 0.445 e. The molecule has 4 aromatic rings. The Bertz CT molecular complexity index is 1040. The van der Waals surface area contributed by atoms with Crippen molar-refractivity contribution in [3.8, 4) is 11.5 Å². The molecule has 6 heteroatoms. The van der Waals surface area contributed by atoms with E-state index in [1.54, 1.807) is 12.4 Å². The molecular weight excluding hydrogens is 328 g/mol. The summed E-state index contributed by atoms with van der Waals surface area (Å²) in [5, 5.41) is 6.72. The second kappa shape index (κ2) is 7.06. The SMILES string of the molecule is O=C(NCc1ccc2ncccc2c1)Nc1cccc(-c2ncco2)c1. The number of rotatable bonds is 4. The van der Waals surface area contributed by atoms with Gasteiger partial charge in [0.2, 0.25) is 5.89 Å². The Morgan fingerprint density at radius 1 is 1.00 bits per heavy atom. The van der Waals surface area contributed by atoms with Gasteiger partial charge in [-0.1, -0.05) is 18.2 Å². The molecule has 2 amide bonds. The Kier molecular flexibility index (Phi) is 4.30. The summed E-state index contributed by atoms with van der Waals surface area (Å²) in [6, 6.07) is 16.9. The van der Waals surface area contributed by atoms with Crippen LogP contribution in [-0.2, 0) is 6.54 Å². The van der Waals surface area contributed by atoms with Crippen LogP contribution in [0.3, 0.4) is 0 Å². The van der Waals surface area contributed by atoms with Crippen molar-refractivity contribution < 1.29 is 9.21 Å². The lowest BCUT2D eigenvalue weighted by Gasteiger charge is -2.09. The molecule has 0 radical (unpaired) electrons. The maximum absolute atomic E-state index is 12.2. The molecule has 0 bridgehead atoms. The average molecular weight is 344 g/mol. The van der Waals surface area contributed by atoms with Gasteiger partial charge >= 0.3 is 6.03 Å². The van der Waals surface area contributed by atoms with Crippen LogP contribution in [0.5, 0.6) is 0 Å². The van der Waals surface area contributed by atoms with Gasteiger partial charge in [-0.15, -0.1) is 0 Å². The van der Waals surface area contributed by atoms with Crippen LogP contribution in [0.15, 0.2) is 77.7 Å². The number of hydrogen-bond donors (Lipinski definition) is 2. The van der Waals surface area contributed by atoms with Gasteiger partial charge in [0.05, 0.1) is 11.7 Å². The van der Waals surface area contributed by atoms with Crippen LogP contribution in [0.2, 0.25) is 0 Å². The van der Waals surface area contributed by atoms with E-state index < -0.39 is 0 Å². The van der Waals surface area contributed by atoms with Crippen LogP contribution >= 0.6 is 0 Å². The Balaban J connectivity index is 1.40. The number of oxazole rings is 1. The second-order valence-electron chi connectivity index (χ2n) is 5.76. The zero-order valence-corrected chi connectivity index (χ0v) is 13.8. The van der Waals surface area contributed by atoms with Crippen LogP contribution in [-0.4, -0.2) is 16.0 Å². The van der Waals surface area contributed by atoms with E-state index in [0.29, 0.717) is 18.1 Å². The van der Waals surface area contributed by atoms with Crippen LogP contribution in [0.1, 0.15) is 5.56 Å².